The number of hydrogen-bond acceptors (Lipinski definition) is 6. The molecule has 0 aliphatic heterocycles. The maximum Gasteiger partial charge on any atom is 0.313 e. The fraction of sp³-hybridized carbons (Fsp3) is 0.714. The van der Waals surface area contributed by atoms with Gasteiger partial charge < -0.3 is 9.47 Å². The van der Waals surface area contributed by atoms with Crippen LogP contribution in [0.3, 0.4) is 0 Å². The summed E-state index contributed by atoms with van der Waals surface area (Å²) in [4.78, 5) is 41.8. The Morgan fingerprint density at radius 3 is 1.65 bits per heavy atom. The minimum atomic E-state index is -0.545. The minimum absolute atomic E-state index is 0.250. The molecule has 0 saturated heterocycles. The number of ether oxygens (including phenoxy) is 2. The molecule has 0 N–H and O–H groups in total. The Labute approximate surface area is 119 Å². The molecule has 0 aliphatic carbocycles. The molecule has 0 amide bonds. The molecular weight excluding hydrogens is 264 g/mol. The van der Waals surface area contributed by atoms with Crippen molar-refractivity contribution in [2.75, 3.05) is 0 Å². The van der Waals surface area contributed by atoms with Crippen molar-refractivity contribution in [2.45, 2.75) is 66.2 Å². The van der Waals surface area contributed by atoms with Crippen LogP contribution in [0.25, 0.3) is 0 Å². The van der Waals surface area contributed by atoms with Gasteiger partial charge in [0.05, 0.1) is 0 Å². The maximum atomic E-state index is 10.8. The predicted molar refractivity (Wildman–Crippen MR) is 72.6 cm³/mol. The highest BCUT2D eigenvalue weighted by Gasteiger charge is 2.07. The van der Waals surface area contributed by atoms with E-state index in [-0.39, 0.29) is 6.42 Å². The third-order valence-corrected chi connectivity index (χ3v) is 1.96. The smallest absolute Gasteiger partial charge is 0.313 e. The van der Waals surface area contributed by atoms with Crippen LogP contribution < -0.4 is 0 Å². The van der Waals surface area contributed by atoms with Crippen LogP contribution >= 0.6 is 0 Å². The van der Waals surface area contributed by atoms with Gasteiger partial charge in [-0.1, -0.05) is 27.2 Å². The molecule has 0 heterocycles. The van der Waals surface area contributed by atoms with E-state index >= 15 is 0 Å². The van der Waals surface area contributed by atoms with E-state index in [9.17, 15) is 19.2 Å². The van der Waals surface area contributed by atoms with Gasteiger partial charge in [0, 0.05) is 26.2 Å². The van der Waals surface area contributed by atoms with E-state index in [1.165, 1.54) is 6.92 Å². The molecular formula is C14H24O6. The first-order valence-corrected chi connectivity index (χ1v) is 6.81. The summed E-state index contributed by atoms with van der Waals surface area (Å²) in [6.07, 6.45) is 3.39. The summed E-state index contributed by atoms with van der Waals surface area (Å²) in [6.45, 7) is 6.69. The maximum absolute atomic E-state index is 10.8. The molecule has 6 nitrogen and oxygen atoms in total. The van der Waals surface area contributed by atoms with Crippen LogP contribution in [-0.2, 0) is 28.7 Å². The lowest BCUT2D eigenvalue weighted by molar-refractivity contribution is -0.160. The molecule has 6 heteroatoms. The molecule has 0 aromatic rings. The van der Waals surface area contributed by atoms with Crippen molar-refractivity contribution in [3.8, 4) is 0 Å². The van der Waals surface area contributed by atoms with Gasteiger partial charge >= 0.3 is 23.9 Å². The van der Waals surface area contributed by atoms with Crippen molar-refractivity contribution in [3.63, 3.8) is 0 Å². The van der Waals surface area contributed by atoms with Gasteiger partial charge in [0.1, 0.15) is 0 Å². The molecule has 0 fully saturated rings. The van der Waals surface area contributed by atoms with Gasteiger partial charge in [-0.2, -0.15) is 0 Å². The van der Waals surface area contributed by atoms with Crippen molar-refractivity contribution in [1.29, 1.82) is 0 Å². The second-order valence-electron chi connectivity index (χ2n) is 4.02. The van der Waals surface area contributed by atoms with Crippen molar-refractivity contribution in [2.24, 2.45) is 0 Å². The van der Waals surface area contributed by atoms with E-state index in [0.717, 1.165) is 19.3 Å². The first-order chi connectivity index (χ1) is 9.37. The van der Waals surface area contributed by atoms with Crippen LogP contribution in [0.15, 0.2) is 0 Å². The fourth-order valence-corrected chi connectivity index (χ4v) is 0.987. The monoisotopic (exact) mass is 288 g/mol. The van der Waals surface area contributed by atoms with E-state index in [2.05, 4.69) is 9.47 Å². The molecule has 0 unspecified atom stereocenters. The van der Waals surface area contributed by atoms with E-state index < -0.39 is 23.9 Å². The van der Waals surface area contributed by atoms with Crippen LogP contribution in [0.4, 0.5) is 0 Å². The number of carbonyl (C=O) groups excluding carboxylic acids is 4. The fourth-order valence-electron chi connectivity index (χ4n) is 0.987. The summed E-state index contributed by atoms with van der Waals surface area (Å²) >= 11 is 0. The molecule has 0 spiro atoms. The van der Waals surface area contributed by atoms with E-state index in [1.54, 1.807) is 6.92 Å². The van der Waals surface area contributed by atoms with Crippen molar-refractivity contribution in [3.05, 3.63) is 0 Å². The Kier molecular flexibility index (Phi) is 14.1. The lowest BCUT2D eigenvalue weighted by atomic mass is 10.2. The van der Waals surface area contributed by atoms with Crippen LogP contribution in [0, 0.1) is 0 Å². The van der Waals surface area contributed by atoms with Crippen molar-refractivity contribution < 1.29 is 28.7 Å². The number of esters is 4. The van der Waals surface area contributed by atoms with Crippen LogP contribution in [0.1, 0.15) is 66.2 Å². The summed E-state index contributed by atoms with van der Waals surface area (Å²) in [5.41, 5.74) is 0. The van der Waals surface area contributed by atoms with Gasteiger partial charge in [0.15, 0.2) is 0 Å². The van der Waals surface area contributed by atoms with Gasteiger partial charge in [-0.25, -0.2) is 0 Å². The lowest BCUT2D eigenvalue weighted by Crippen LogP contribution is -2.11. The topological polar surface area (TPSA) is 86.7 Å². The summed E-state index contributed by atoms with van der Waals surface area (Å²) < 4.78 is 8.64. The Morgan fingerprint density at radius 2 is 1.30 bits per heavy atom. The van der Waals surface area contributed by atoms with E-state index in [4.69, 9.17) is 0 Å². The molecule has 0 bridgehead atoms. The third-order valence-electron chi connectivity index (χ3n) is 1.96. The largest absolute Gasteiger partial charge is 0.393 e. The van der Waals surface area contributed by atoms with Gasteiger partial charge in [0.2, 0.25) is 0 Å². The molecule has 0 atom stereocenters. The average Bonchev–Trinajstić information content (AvgIpc) is 2.36. The SMILES string of the molecule is CCC(=O)OC(C)=O.CCCCC(=O)OC(=O)CCC. The molecule has 0 saturated carbocycles. The Bertz CT molecular complexity index is 322. The van der Waals surface area contributed by atoms with Crippen molar-refractivity contribution in [1.82, 2.24) is 0 Å². The molecule has 116 valence electrons. The summed E-state index contributed by atoms with van der Waals surface area (Å²) in [5.74, 6) is -1.82. The summed E-state index contributed by atoms with van der Waals surface area (Å²) in [5, 5.41) is 0. The number of carbonyl (C=O) groups is 4. The molecule has 0 rings (SSSR count). The van der Waals surface area contributed by atoms with Crippen LogP contribution in [0.5, 0.6) is 0 Å². The summed E-state index contributed by atoms with van der Waals surface area (Å²) in [6, 6.07) is 0. The van der Waals surface area contributed by atoms with Gasteiger partial charge in [0.25, 0.3) is 0 Å². The average molecular weight is 288 g/mol. The van der Waals surface area contributed by atoms with Gasteiger partial charge in [-0.3, -0.25) is 19.2 Å². The highest BCUT2D eigenvalue weighted by molar-refractivity contribution is 5.85. The normalized spacial score (nSPS) is 9.00. The first kappa shape index (κ1) is 20.6. The number of unbranched alkanes of at least 4 members (excludes halogenated alkanes) is 1. The zero-order chi connectivity index (χ0) is 16.0. The molecule has 0 radical (unpaired) electrons. The standard InChI is InChI=1S/C9H16O3.C5H8O3/c1-3-5-7-9(11)12-8(10)6-4-2;1-3-5(7)8-4(2)6/h3-7H2,1-2H3;3H2,1-2H3. The lowest BCUT2D eigenvalue weighted by Gasteiger charge is -2.00. The molecule has 0 aliphatic rings. The summed E-state index contributed by atoms with van der Waals surface area (Å²) in [7, 11) is 0. The highest BCUT2D eigenvalue weighted by Crippen LogP contribution is 1.99. The third kappa shape index (κ3) is 16.3. The second kappa shape index (κ2) is 13.7. The molecule has 0 aromatic heterocycles. The van der Waals surface area contributed by atoms with E-state index in [0.29, 0.717) is 12.8 Å². The second-order valence-corrected chi connectivity index (χ2v) is 4.02. The predicted octanol–water partition coefficient (Wildman–Crippen LogP) is 2.53. The van der Waals surface area contributed by atoms with E-state index in [1.807, 2.05) is 13.8 Å². The number of rotatable bonds is 6. The molecule has 20 heavy (non-hydrogen) atoms. The zero-order valence-corrected chi connectivity index (χ0v) is 12.7. The molecule has 0 aromatic carbocycles. The van der Waals surface area contributed by atoms with Crippen molar-refractivity contribution >= 4 is 23.9 Å². The zero-order valence-electron chi connectivity index (χ0n) is 12.7. The van der Waals surface area contributed by atoms with Crippen LogP contribution in [-0.4, -0.2) is 23.9 Å². The Balaban J connectivity index is 0. The minimum Gasteiger partial charge on any atom is -0.393 e. The van der Waals surface area contributed by atoms with Gasteiger partial charge in [-0.05, 0) is 12.8 Å². The van der Waals surface area contributed by atoms with Gasteiger partial charge in [-0.15, -0.1) is 0 Å². The van der Waals surface area contributed by atoms with Crippen LogP contribution in [0.2, 0.25) is 0 Å². The number of hydrogen-bond donors (Lipinski definition) is 0. The quantitative estimate of drug-likeness (QED) is 0.551. The first-order valence-electron chi connectivity index (χ1n) is 6.81. The highest BCUT2D eigenvalue weighted by atomic mass is 16.6. The Morgan fingerprint density at radius 1 is 0.750 bits per heavy atom. The Hall–Kier alpha value is -1.72.